The van der Waals surface area contributed by atoms with E-state index in [2.05, 4.69) is 27.4 Å². The Balaban J connectivity index is 1.66. The maximum absolute atomic E-state index is 11.0. The van der Waals surface area contributed by atoms with E-state index in [0.29, 0.717) is 29.0 Å². The zero-order valence-corrected chi connectivity index (χ0v) is 18.8. The maximum atomic E-state index is 11.0. The van der Waals surface area contributed by atoms with Crippen molar-refractivity contribution in [2.75, 3.05) is 5.32 Å². The van der Waals surface area contributed by atoms with Crippen LogP contribution in [-0.2, 0) is 17.8 Å². The monoisotopic (exact) mass is 455 g/mol. The summed E-state index contributed by atoms with van der Waals surface area (Å²) in [5.74, 6) is 1.00. The van der Waals surface area contributed by atoms with Gasteiger partial charge in [0.05, 0.1) is 22.9 Å². The molecule has 0 saturated heterocycles. The second-order valence-corrected chi connectivity index (χ2v) is 8.88. The highest BCUT2D eigenvalue weighted by Crippen LogP contribution is 2.36. The van der Waals surface area contributed by atoms with Crippen molar-refractivity contribution in [3.8, 4) is 5.75 Å². The summed E-state index contributed by atoms with van der Waals surface area (Å²) < 4.78 is 6.81. The SMILES string of the molecule is CC(C)Oc1ccc(CNc2nc(CCC(=O)O)nc3sc4ccccc4c23)cc1Cl. The fraction of sp³-hybridized carbons (Fsp3) is 0.261. The van der Waals surface area contributed by atoms with Gasteiger partial charge in [0, 0.05) is 23.1 Å². The molecule has 160 valence electrons. The molecule has 31 heavy (non-hydrogen) atoms. The molecule has 2 aromatic heterocycles. The largest absolute Gasteiger partial charge is 0.489 e. The molecule has 2 N–H and O–H groups in total. The minimum absolute atomic E-state index is 0.0111. The summed E-state index contributed by atoms with van der Waals surface area (Å²) in [6.45, 7) is 4.43. The summed E-state index contributed by atoms with van der Waals surface area (Å²) in [5, 5.41) is 15.0. The second kappa shape index (κ2) is 9.08. The van der Waals surface area contributed by atoms with E-state index in [1.165, 1.54) is 0 Å². The van der Waals surface area contributed by atoms with Gasteiger partial charge in [0.1, 0.15) is 22.2 Å². The quantitative estimate of drug-likeness (QED) is 0.343. The number of hydrogen-bond acceptors (Lipinski definition) is 6. The minimum atomic E-state index is -0.868. The molecule has 0 aliphatic heterocycles. The third kappa shape index (κ3) is 4.89. The number of fused-ring (bicyclic) bond motifs is 3. The Morgan fingerprint density at radius 3 is 2.77 bits per heavy atom. The number of carboxylic acid groups (broad SMARTS) is 1. The maximum Gasteiger partial charge on any atom is 0.303 e. The van der Waals surface area contributed by atoms with Crippen molar-refractivity contribution in [3.63, 3.8) is 0 Å². The Morgan fingerprint density at radius 1 is 1.23 bits per heavy atom. The summed E-state index contributed by atoms with van der Waals surface area (Å²) in [7, 11) is 0. The van der Waals surface area contributed by atoms with Gasteiger partial charge in [0.15, 0.2) is 0 Å². The van der Waals surface area contributed by atoms with Crippen molar-refractivity contribution >= 4 is 55.0 Å². The van der Waals surface area contributed by atoms with Crippen LogP contribution in [0.5, 0.6) is 5.75 Å². The van der Waals surface area contributed by atoms with Crippen molar-refractivity contribution in [2.24, 2.45) is 0 Å². The molecule has 0 radical (unpaired) electrons. The van der Waals surface area contributed by atoms with Gasteiger partial charge in [-0.05, 0) is 37.6 Å². The van der Waals surface area contributed by atoms with Gasteiger partial charge in [0.25, 0.3) is 0 Å². The molecule has 8 heteroatoms. The molecule has 4 rings (SSSR count). The fourth-order valence-electron chi connectivity index (χ4n) is 3.32. The smallest absolute Gasteiger partial charge is 0.303 e. The van der Waals surface area contributed by atoms with Crippen LogP contribution in [0.1, 0.15) is 31.7 Å². The van der Waals surface area contributed by atoms with E-state index >= 15 is 0 Å². The molecule has 0 aliphatic carbocycles. The third-order valence-corrected chi connectivity index (χ3v) is 6.03. The molecule has 2 aromatic carbocycles. The van der Waals surface area contributed by atoms with Gasteiger partial charge in [-0.3, -0.25) is 4.79 Å². The Morgan fingerprint density at radius 2 is 2.03 bits per heavy atom. The number of aliphatic carboxylic acids is 1. The average Bonchev–Trinajstić information content (AvgIpc) is 3.10. The molecule has 6 nitrogen and oxygen atoms in total. The van der Waals surface area contributed by atoms with Crippen LogP contribution in [0.4, 0.5) is 5.82 Å². The number of rotatable bonds is 8. The first-order valence-corrected chi connectivity index (χ1v) is 11.2. The lowest BCUT2D eigenvalue weighted by molar-refractivity contribution is -0.137. The fourth-order valence-corrected chi connectivity index (χ4v) is 4.66. The number of halogens is 1. The number of nitrogens with one attached hydrogen (secondary N) is 1. The average molecular weight is 456 g/mol. The number of benzene rings is 2. The van der Waals surface area contributed by atoms with E-state index in [-0.39, 0.29) is 18.9 Å². The predicted molar refractivity (Wildman–Crippen MR) is 125 cm³/mol. The number of anilines is 1. The van der Waals surface area contributed by atoms with Crippen molar-refractivity contribution in [1.29, 1.82) is 0 Å². The summed E-state index contributed by atoms with van der Waals surface area (Å²) in [6, 6.07) is 13.8. The van der Waals surface area contributed by atoms with Gasteiger partial charge in [-0.2, -0.15) is 0 Å². The van der Waals surface area contributed by atoms with Crippen LogP contribution >= 0.6 is 22.9 Å². The number of carboxylic acids is 1. The molecule has 0 spiro atoms. The molecule has 0 saturated carbocycles. The lowest BCUT2D eigenvalue weighted by Crippen LogP contribution is -2.08. The highest BCUT2D eigenvalue weighted by Gasteiger charge is 2.15. The molecule has 0 unspecified atom stereocenters. The number of aryl methyl sites for hydroxylation is 1. The van der Waals surface area contributed by atoms with E-state index in [0.717, 1.165) is 25.9 Å². The molecule has 2 heterocycles. The number of nitrogens with zero attached hydrogens (tertiary/aromatic N) is 2. The van der Waals surface area contributed by atoms with Crippen LogP contribution in [0.3, 0.4) is 0 Å². The predicted octanol–water partition coefficient (Wildman–Crippen LogP) is 5.91. The molecule has 0 atom stereocenters. The summed E-state index contributed by atoms with van der Waals surface area (Å²) in [5.41, 5.74) is 0.986. The van der Waals surface area contributed by atoms with E-state index in [1.54, 1.807) is 11.3 Å². The van der Waals surface area contributed by atoms with E-state index in [4.69, 9.17) is 21.4 Å². The molecule has 0 amide bonds. The lowest BCUT2D eigenvalue weighted by atomic mass is 10.2. The molecule has 4 aromatic rings. The number of hydrogen-bond donors (Lipinski definition) is 2. The van der Waals surface area contributed by atoms with Crippen LogP contribution in [-0.4, -0.2) is 27.1 Å². The van der Waals surface area contributed by atoms with E-state index in [9.17, 15) is 4.79 Å². The normalized spacial score (nSPS) is 11.4. The Labute approximate surface area is 188 Å². The van der Waals surface area contributed by atoms with Gasteiger partial charge in [-0.1, -0.05) is 35.9 Å². The second-order valence-electron chi connectivity index (χ2n) is 7.45. The Kier molecular flexibility index (Phi) is 6.25. The van der Waals surface area contributed by atoms with Crippen molar-refractivity contribution in [1.82, 2.24) is 9.97 Å². The first-order chi connectivity index (χ1) is 14.9. The highest BCUT2D eigenvalue weighted by atomic mass is 35.5. The number of aromatic nitrogens is 2. The van der Waals surface area contributed by atoms with Gasteiger partial charge >= 0.3 is 5.97 Å². The van der Waals surface area contributed by atoms with Gasteiger partial charge in [-0.15, -0.1) is 11.3 Å². The lowest BCUT2D eigenvalue weighted by Gasteiger charge is -2.13. The van der Waals surface area contributed by atoms with Gasteiger partial charge in [-0.25, -0.2) is 9.97 Å². The summed E-state index contributed by atoms with van der Waals surface area (Å²) in [4.78, 5) is 21.1. The topological polar surface area (TPSA) is 84.3 Å². The van der Waals surface area contributed by atoms with Crippen LogP contribution in [0.2, 0.25) is 5.02 Å². The van der Waals surface area contributed by atoms with Crippen molar-refractivity contribution in [2.45, 2.75) is 39.3 Å². The number of ether oxygens (including phenoxy) is 1. The first-order valence-electron chi connectivity index (χ1n) is 9.99. The molecule has 0 bridgehead atoms. The van der Waals surface area contributed by atoms with Crippen LogP contribution in [0.15, 0.2) is 42.5 Å². The van der Waals surface area contributed by atoms with E-state index < -0.39 is 5.97 Å². The first kappa shape index (κ1) is 21.3. The van der Waals surface area contributed by atoms with Crippen molar-refractivity contribution in [3.05, 3.63) is 58.9 Å². The molecular weight excluding hydrogens is 434 g/mol. The van der Waals surface area contributed by atoms with Crippen LogP contribution in [0, 0.1) is 0 Å². The number of thiophene rings is 1. The standard InChI is InChI=1S/C23H22ClN3O3S/c1-13(2)30-17-8-7-14(11-16(17)24)12-25-22-21-15-5-3-4-6-18(15)31-23(21)27-19(26-22)9-10-20(28)29/h3-8,11,13H,9-10,12H2,1-2H3,(H,28,29)(H,25,26,27). The third-order valence-electron chi connectivity index (χ3n) is 4.67. The highest BCUT2D eigenvalue weighted by molar-refractivity contribution is 7.25. The zero-order valence-electron chi connectivity index (χ0n) is 17.2. The van der Waals surface area contributed by atoms with E-state index in [1.807, 2.05) is 44.2 Å². The van der Waals surface area contributed by atoms with Gasteiger partial charge < -0.3 is 15.2 Å². The molecule has 0 aliphatic rings. The van der Waals surface area contributed by atoms with Crippen LogP contribution in [0.25, 0.3) is 20.3 Å². The van der Waals surface area contributed by atoms with Crippen molar-refractivity contribution < 1.29 is 14.6 Å². The zero-order chi connectivity index (χ0) is 22.0. The summed E-state index contributed by atoms with van der Waals surface area (Å²) >= 11 is 7.95. The van der Waals surface area contributed by atoms with Gasteiger partial charge in [0.2, 0.25) is 0 Å². The Hall–Kier alpha value is -2.90. The summed E-state index contributed by atoms with van der Waals surface area (Å²) in [6.07, 6.45) is 0.316. The van der Waals surface area contributed by atoms with Crippen LogP contribution < -0.4 is 10.1 Å². The Bertz CT molecular complexity index is 1260. The molecular formula is C23H22ClN3O3S. The minimum Gasteiger partial charge on any atom is -0.489 e. The molecule has 0 fully saturated rings. The number of carbonyl (C=O) groups is 1.